The molecule has 0 aromatic heterocycles. The highest BCUT2D eigenvalue weighted by molar-refractivity contribution is 5.84. The van der Waals surface area contributed by atoms with Gasteiger partial charge in [0.2, 0.25) is 5.91 Å². The summed E-state index contributed by atoms with van der Waals surface area (Å²) >= 11 is 0. The zero-order valence-corrected chi connectivity index (χ0v) is 24.2. The molecule has 0 heterocycles. The molecule has 3 rings (SSSR count). The van der Waals surface area contributed by atoms with Crippen LogP contribution < -0.4 is 5.32 Å². The Bertz CT molecular complexity index is 913. The summed E-state index contributed by atoms with van der Waals surface area (Å²) in [5.41, 5.74) is -0.202. The lowest BCUT2D eigenvalue weighted by Crippen LogP contribution is -2.47. The maximum absolute atomic E-state index is 13.7. The van der Waals surface area contributed by atoms with Gasteiger partial charge >= 0.3 is 11.9 Å². The fourth-order valence-electron chi connectivity index (χ4n) is 5.67. The van der Waals surface area contributed by atoms with Crippen molar-refractivity contribution < 1.29 is 33.3 Å². The molecule has 0 bridgehead atoms. The normalized spacial score (nSPS) is 21.6. The Balaban J connectivity index is 1.60. The Morgan fingerprint density at radius 3 is 2.28 bits per heavy atom. The van der Waals surface area contributed by atoms with Crippen LogP contribution in [0.2, 0.25) is 0 Å². The molecule has 1 atom stereocenters. The van der Waals surface area contributed by atoms with Crippen molar-refractivity contribution in [2.75, 3.05) is 26.9 Å². The first-order valence-corrected chi connectivity index (χ1v) is 14.4. The Morgan fingerprint density at radius 2 is 1.67 bits per heavy atom. The molecule has 1 unspecified atom stereocenters. The number of hydrogen-bond acceptors (Lipinski definition) is 7. The van der Waals surface area contributed by atoms with E-state index in [4.69, 9.17) is 18.9 Å². The molecule has 0 spiro atoms. The summed E-state index contributed by atoms with van der Waals surface area (Å²) in [6, 6.07) is 9.60. The first-order chi connectivity index (χ1) is 18.6. The maximum atomic E-state index is 13.7. The van der Waals surface area contributed by atoms with E-state index in [1.807, 2.05) is 51.1 Å². The lowest BCUT2D eigenvalue weighted by molar-refractivity contribution is -0.161. The molecule has 2 saturated carbocycles. The van der Waals surface area contributed by atoms with E-state index in [9.17, 15) is 14.4 Å². The fraction of sp³-hybridized carbons (Fsp3) is 0.710. The van der Waals surface area contributed by atoms with Gasteiger partial charge in [0, 0.05) is 13.2 Å². The molecular weight excluding hydrogens is 498 g/mol. The van der Waals surface area contributed by atoms with Crippen LogP contribution in [0.25, 0.3) is 0 Å². The first kappa shape index (κ1) is 31.1. The van der Waals surface area contributed by atoms with Crippen LogP contribution in [0.15, 0.2) is 30.3 Å². The van der Waals surface area contributed by atoms with E-state index >= 15 is 0 Å². The van der Waals surface area contributed by atoms with Crippen molar-refractivity contribution in [2.24, 2.45) is 17.3 Å². The molecule has 2 aliphatic rings. The maximum Gasteiger partial charge on any atom is 0.311 e. The van der Waals surface area contributed by atoms with Crippen LogP contribution in [0.5, 0.6) is 0 Å². The summed E-state index contributed by atoms with van der Waals surface area (Å²) in [6.07, 6.45) is 6.68. The fourth-order valence-corrected chi connectivity index (χ4v) is 5.67. The molecular formula is C31H47NO7. The Kier molecular flexibility index (Phi) is 11.8. The van der Waals surface area contributed by atoms with Gasteiger partial charge in [0.15, 0.2) is 0 Å². The van der Waals surface area contributed by atoms with Crippen molar-refractivity contribution >= 4 is 17.8 Å². The second kappa shape index (κ2) is 14.8. The number of amides is 1. The minimum atomic E-state index is -0.622. The van der Waals surface area contributed by atoms with E-state index in [1.54, 1.807) is 7.11 Å². The minimum Gasteiger partial charge on any atom is -0.461 e. The number of benzene rings is 1. The van der Waals surface area contributed by atoms with E-state index in [1.165, 1.54) is 0 Å². The smallest absolute Gasteiger partial charge is 0.311 e. The predicted molar refractivity (Wildman–Crippen MR) is 148 cm³/mol. The molecule has 1 N–H and O–H groups in total. The van der Waals surface area contributed by atoms with E-state index in [2.05, 4.69) is 5.32 Å². The molecule has 8 heteroatoms. The van der Waals surface area contributed by atoms with Crippen LogP contribution in [-0.4, -0.2) is 56.4 Å². The Labute approximate surface area is 233 Å². The van der Waals surface area contributed by atoms with E-state index in [-0.39, 0.29) is 43.0 Å². The molecule has 39 heavy (non-hydrogen) atoms. The summed E-state index contributed by atoms with van der Waals surface area (Å²) in [5, 5.41) is 3.28. The molecule has 2 aliphatic carbocycles. The van der Waals surface area contributed by atoms with Crippen molar-refractivity contribution in [3.63, 3.8) is 0 Å². The second-order valence-electron chi connectivity index (χ2n) is 12.1. The van der Waals surface area contributed by atoms with Crippen LogP contribution in [-0.2, 0) is 39.9 Å². The largest absolute Gasteiger partial charge is 0.461 e. The molecule has 0 saturated heterocycles. The highest BCUT2D eigenvalue weighted by Gasteiger charge is 2.45. The van der Waals surface area contributed by atoms with Crippen LogP contribution in [0.3, 0.4) is 0 Å². The third-order valence-electron chi connectivity index (χ3n) is 7.79. The highest BCUT2D eigenvalue weighted by Crippen LogP contribution is 2.44. The van der Waals surface area contributed by atoms with Crippen molar-refractivity contribution in [1.82, 2.24) is 5.32 Å². The van der Waals surface area contributed by atoms with Gasteiger partial charge in [0.05, 0.1) is 37.1 Å². The molecule has 8 nitrogen and oxygen atoms in total. The lowest BCUT2D eigenvalue weighted by Gasteiger charge is -2.35. The summed E-state index contributed by atoms with van der Waals surface area (Å²) in [4.78, 5) is 39.4. The minimum absolute atomic E-state index is 0.0125. The van der Waals surface area contributed by atoms with Crippen molar-refractivity contribution in [3.05, 3.63) is 35.9 Å². The SMILES string of the molecule is COCCOCC(CC1(C(=O)N[C@H]2CC[C@@H](C(=O)OC(C)(C)C)CC2)CCCC1)C(=O)OCc1ccccc1. The van der Waals surface area contributed by atoms with Crippen molar-refractivity contribution in [1.29, 1.82) is 0 Å². The van der Waals surface area contributed by atoms with Gasteiger partial charge < -0.3 is 24.3 Å². The molecule has 1 aromatic rings. The van der Waals surface area contributed by atoms with Gasteiger partial charge in [-0.05, 0) is 71.3 Å². The molecule has 0 aliphatic heterocycles. The standard InChI is InChI=1S/C31H47NO7/c1-30(2,3)39-28(34)24-12-14-26(15-13-24)32-29(35)31(16-8-9-17-31)20-25(22-37-19-18-36-4)27(33)38-21-23-10-6-5-7-11-23/h5-7,10-11,24-26H,8-9,12-22H2,1-4H3,(H,32,35)/t24-,25?,26+. The first-order valence-electron chi connectivity index (χ1n) is 14.4. The monoisotopic (exact) mass is 545 g/mol. The van der Waals surface area contributed by atoms with Crippen LogP contribution in [0.4, 0.5) is 0 Å². The zero-order chi connectivity index (χ0) is 28.3. The van der Waals surface area contributed by atoms with Gasteiger partial charge in [-0.1, -0.05) is 43.2 Å². The quantitative estimate of drug-likeness (QED) is 0.276. The van der Waals surface area contributed by atoms with Crippen LogP contribution in [0.1, 0.15) is 84.1 Å². The van der Waals surface area contributed by atoms with E-state index in [0.29, 0.717) is 32.5 Å². The summed E-state index contributed by atoms with van der Waals surface area (Å²) < 4.78 is 22.1. The van der Waals surface area contributed by atoms with Crippen molar-refractivity contribution in [3.8, 4) is 0 Å². The van der Waals surface area contributed by atoms with Gasteiger partial charge in [-0.25, -0.2) is 0 Å². The van der Waals surface area contributed by atoms with Crippen molar-refractivity contribution in [2.45, 2.75) is 96.8 Å². The third kappa shape index (κ3) is 9.91. The molecule has 218 valence electrons. The number of hydrogen-bond donors (Lipinski definition) is 1. The Morgan fingerprint density at radius 1 is 1.00 bits per heavy atom. The number of nitrogens with one attached hydrogen (secondary N) is 1. The summed E-state index contributed by atoms with van der Waals surface area (Å²) in [5.74, 6) is -1.14. The van der Waals surface area contributed by atoms with E-state index < -0.39 is 16.9 Å². The number of rotatable bonds is 13. The van der Waals surface area contributed by atoms with Crippen LogP contribution >= 0.6 is 0 Å². The van der Waals surface area contributed by atoms with Crippen LogP contribution in [0, 0.1) is 17.3 Å². The summed E-state index contributed by atoms with van der Waals surface area (Å²) in [6.45, 7) is 6.82. The third-order valence-corrected chi connectivity index (χ3v) is 7.79. The number of ether oxygens (including phenoxy) is 4. The number of carbonyl (C=O) groups excluding carboxylic acids is 3. The predicted octanol–water partition coefficient (Wildman–Crippen LogP) is 4.98. The van der Waals surface area contributed by atoms with Gasteiger partial charge in [0.1, 0.15) is 12.2 Å². The number of carbonyl (C=O) groups is 3. The number of esters is 2. The average molecular weight is 546 g/mol. The molecule has 2 fully saturated rings. The van der Waals surface area contributed by atoms with Gasteiger partial charge in [-0.3, -0.25) is 14.4 Å². The topological polar surface area (TPSA) is 100 Å². The lowest BCUT2D eigenvalue weighted by atomic mass is 9.76. The second-order valence-corrected chi connectivity index (χ2v) is 12.1. The Hall–Kier alpha value is -2.45. The van der Waals surface area contributed by atoms with E-state index in [0.717, 1.165) is 44.1 Å². The zero-order valence-electron chi connectivity index (χ0n) is 24.2. The highest BCUT2D eigenvalue weighted by atomic mass is 16.6. The molecule has 0 radical (unpaired) electrons. The van der Waals surface area contributed by atoms with Gasteiger partial charge in [-0.15, -0.1) is 0 Å². The van der Waals surface area contributed by atoms with Gasteiger partial charge in [-0.2, -0.15) is 0 Å². The molecule has 1 aromatic carbocycles. The molecule has 1 amide bonds. The van der Waals surface area contributed by atoms with Gasteiger partial charge in [0.25, 0.3) is 0 Å². The average Bonchev–Trinajstić information content (AvgIpc) is 3.39. The summed E-state index contributed by atoms with van der Waals surface area (Å²) in [7, 11) is 1.60. The number of methoxy groups -OCH3 is 1.